The number of benzene rings is 3. The van der Waals surface area contributed by atoms with Gasteiger partial charge in [-0.25, -0.2) is 8.78 Å². The maximum atomic E-state index is 14.9. The van der Waals surface area contributed by atoms with Gasteiger partial charge in [0, 0.05) is 30.4 Å². The van der Waals surface area contributed by atoms with Crippen LogP contribution in [0.15, 0.2) is 72.3 Å². The predicted molar refractivity (Wildman–Crippen MR) is 134 cm³/mol. The molecule has 0 spiro atoms. The monoisotopic (exact) mass is 492 g/mol. The van der Waals surface area contributed by atoms with Crippen molar-refractivity contribution in [2.24, 2.45) is 0 Å². The Morgan fingerprint density at radius 3 is 2.31 bits per heavy atom. The summed E-state index contributed by atoms with van der Waals surface area (Å²) in [4.78, 5) is 29.5. The van der Waals surface area contributed by atoms with Crippen LogP contribution in [0.25, 0.3) is 5.76 Å². The van der Waals surface area contributed by atoms with Crippen molar-refractivity contribution in [3.63, 3.8) is 0 Å². The summed E-state index contributed by atoms with van der Waals surface area (Å²) < 4.78 is 33.7. The highest BCUT2D eigenvalue weighted by atomic mass is 19.1. The number of nitrogens with zero attached hydrogens (tertiary/aromatic N) is 2. The summed E-state index contributed by atoms with van der Waals surface area (Å²) in [5.74, 6) is -3.79. The van der Waals surface area contributed by atoms with Crippen LogP contribution in [-0.2, 0) is 9.59 Å². The Bertz CT molecular complexity index is 1330. The minimum absolute atomic E-state index is 0.201. The normalized spacial score (nSPS) is 16.9. The number of aliphatic hydroxyl groups is 1. The maximum Gasteiger partial charge on any atom is 0.300 e. The SMILES string of the molecule is CCN(CC)c1ccc(C2/C(=C(\O)c3cccc(OC)c3)C(=O)C(=O)N2c2ccc(F)cc2F)cc1. The fourth-order valence-corrected chi connectivity index (χ4v) is 4.46. The predicted octanol–water partition coefficient (Wildman–Crippen LogP) is 5.45. The van der Waals surface area contributed by atoms with E-state index in [0.717, 1.165) is 35.8 Å². The second-order valence-electron chi connectivity index (χ2n) is 8.26. The Labute approximate surface area is 208 Å². The largest absolute Gasteiger partial charge is 0.507 e. The highest BCUT2D eigenvalue weighted by Crippen LogP contribution is 2.43. The summed E-state index contributed by atoms with van der Waals surface area (Å²) in [7, 11) is 1.47. The van der Waals surface area contributed by atoms with E-state index < -0.39 is 35.1 Å². The molecule has 8 heteroatoms. The van der Waals surface area contributed by atoms with Gasteiger partial charge in [0.05, 0.1) is 24.4 Å². The number of halogens is 2. The number of carbonyl (C=O) groups excluding carboxylic acids is 2. The number of amides is 1. The minimum Gasteiger partial charge on any atom is -0.507 e. The molecule has 0 bridgehead atoms. The minimum atomic E-state index is -1.14. The van der Waals surface area contributed by atoms with Gasteiger partial charge in [-0.15, -0.1) is 0 Å². The van der Waals surface area contributed by atoms with E-state index in [0.29, 0.717) is 17.4 Å². The molecule has 0 aliphatic carbocycles. The van der Waals surface area contributed by atoms with Crippen LogP contribution in [-0.4, -0.2) is 37.0 Å². The number of methoxy groups -OCH3 is 1. The lowest BCUT2D eigenvalue weighted by atomic mass is 9.94. The standard InChI is InChI=1S/C28H26F2N2O4/c1-4-31(5-2)20-12-9-17(10-13-20)25-24(26(33)18-7-6-8-21(15-18)36-3)27(34)28(35)32(25)23-14-11-19(29)16-22(23)30/h6-16,25,33H,4-5H2,1-3H3/b26-24+. The Morgan fingerprint density at radius 2 is 1.69 bits per heavy atom. The van der Waals surface area contributed by atoms with E-state index in [1.807, 2.05) is 26.0 Å². The van der Waals surface area contributed by atoms with E-state index in [-0.39, 0.29) is 16.8 Å². The van der Waals surface area contributed by atoms with Crippen molar-refractivity contribution < 1.29 is 28.2 Å². The summed E-state index contributed by atoms with van der Waals surface area (Å²) in [5.41, 5.74) is 1.21. The molecule has 0 radical (unpaired) electrons. The van der Waals surface area contributed by atoms with Gasteiger partial charge in [0.2, 0.25) is 0 Å². The lowest BCUT2D eigenvalue weighted by molar-refractivity contribution is -0.132. The Hall–Kier alpha value is -4.20. The first-order valence-electron chi connectivity index (χ1n) is 11.6. The summed E-state index contributed by atoms with van der Waals surface area (Å²) in [6.07, 6.45) is 0. The quantitative estimate of drug-likeness (QED) is 0.270. The summed E-state index contributed by atoms with van der Waals surface area (Å²) in [6, 6.07) is 15.2. The average Bonchev–Trinajstić information content (AvgIpc) is 3.15. The van der Waals surface area contributed by atoms with E-state index in [1.54, 1.807) is 30.3 Å². The summed E-state index contributed by atoms with van der Waals surface area (Å²) in [6.45, 7) is 5.62. The van der Waals surface area contributed by atoms with Crippen molar-refractivity contribution in [3.8, 4) is 5.75 Å². The number of Topliss-reactive ketones (excluding diaryl/α,β-unsaturated/α-hetero) is 1. The second-order valence-corrected chi connectivity index (χ2v) is 8.26. The summed E-state index contributed by atoms with van der Waals surface area (Å²) >= 11 is 0. The number of hydrogen-bond donors (Lipinski definition) is 1. The zero-order chi connectivity index (χ0) is 26.0. The molecule has 1 heterocycles. The lowest BCUT2D eigenvalue weighted by Gasteiger charge is -2.27. The first-order chi connectivity index (χ1) is 17.3. The number of anilines is 2. The molecule has 36 heavy (non-hydrogen) atoms. The van der Waals surface area contributed by atoms with Crippen molar-refractivity contribution in [1.82, 2.24) is 0 Å². The Morgan fingerprint density at radius 1 is 1.00 bits per heavy atom. The van der Waals surface area contributed by atoms with Crippen LogP contribution in [0.3, 0.4) is 0 Å². The molecule has 0 aromatic heterocycles. The smallest absolute Gasteiger partial charge is 0.300 e. The van der Waals surface area contributed by atoms with Gasteiger partial charge in [-0.2, -0.15) is 0 Å². The molecule has 1 atom stereocenters. The van der Waals surface area contributed by atoms with E-state index in [9.17, 15) is 23.5 Å². The molecule has 0 saturated carbocycles. The van der Waals surface area contributed by atoms with Crippen LogP contribution in [0.4, 0.5) is 20.2 Å². The average molecular weight is 493 g/mol. The first kappa shape index (κ1) is 24.9. The zero-order valence-corrected chi connectivity index (χ0v) is 20.2. The third-order valence-corrected chi connectivity index (χ3v) is 6.29. The van der Waals surface area contributed by atoms with Gasteiger partial charge in [0.25, 0.3) is 11.7 Å². The molecular weight excluding hydrogens is 466 g/mol. The fraction of sp³-hybridized carbons (Fsp3) is 0.214. The molecule has 1 fully saturated rings. The van der Waals surface area contributed by atoms with Crippen molar-refractivity contribution in [2.45, 2.75) is 19.9 Å². The first-order valence-corrected chi connectivity index (χ1v) is 11.6. The van der Waals surface area contributed by atoms with Crippen molar-refractivity contribution in [2.75, 3.05) is 30.0 Å². The lowest BCUT2D eigenvalue weighted by Crippen LogP contribution is -2.30. The zero-order valence-electron chi connectivity index (χ0n) is 20.2. The third kappa shape index (κ3) is 4.42. The van der Waals surface area contributed by atoms with Gasteiger partial charge in [-0.3, -0.25) is 14.5 Å². The molecular formula is C28H26F2N2O4. The van der Waals surface area contributed by atoms with Crippen LogP contribution < -0.4 is 14.5 Å². The number of ketones is 1. The molecule has 3 aromatic carbocycles. The number of ether oxygens (including phenoxy) is 1. The number of rotatable bonds is 7. The molecule has 186 valence electrons. The molecule has 3 aromatic rings. The van der Waals surface area contributed by atoms with Crippen molar-refractivity contribution in [1.29, 1.82) is 0 Å². The number of carbonyl (C=O) groups is 2. The van der Waals surface area contributed by atoms with Crippen molar-refractivity contribution >= 4 is 28.8 Å². The van der Waals surface area contributed by atoms with Crippen LogP contribution in [0, 0.1) is 11.6 Å². The van der Waals surface area contributed by atoms with Gasteiger partial charge in [-0.05, 0) is 55.8 Å². The van der Waals surface area contributed by atoms with Crippen molar-refractivity contribution in [3.05, 3.63) is 95.1 Å². The topological polar surface area (TPSA) is 70.1 Å². The second kappa shape index (κ2) is 10.2. The fourth-order valence-electron chi connectivity index (χ4n) is 4.46. The Kier molecular flexibility index (Phi) is 7.05. The van der Waals surface area contributed by atoms with Gasteiger partial charge < -0.3 is 14.7 Å². The van der Waals surface area contributed by atoms with E-state index in [4.69, 9.17) is 4.74 Å². The van der Waals surface area contributed by atoms with Crippen LogP contribution in [0.5, 0.6) is 5.75 Å². The molecule has 1 N–H and O–H groups in total. The molecule has 4 rings (SSSR count). The molecule has 1 saturated heterocycles. The maximum absolute atomic E-state index is 14.9. The van der Waals surface area contributed by atoms with E-state index in [1.165, 1.54) is 13.2 Å². The molecule has 1 aliphatic rings. The van der Waals surface area contributed by atoms with Gasteiger partial charge in [-0.1, -0.05) is 24.3 Å². The van der Waals surface area contributed by atoms with E-state index in [2.05, 4.69) is 4.90 Å². The number of hydrogen-bond acceptors (Lipinski definition) is 5. The summed E-state index contributed by atoms with van der Waals surface area (Å²) in [5, 5.41) is 11.2. The van der Waals surface area contributed by atoms with Crippen LogP contribution in [0.1, 0.15) is 31.0 Å². The molecule has 1 unspecified atom stereocenters. The van der Waals surface area contributed by atoms with E-state index >= 15 is 0 Å². The van der Waals surface area contributed by atoms with Gasteiger partial charge in [0.15, 0.2) is 0 Å². The van der Waals surface area contributed by atoms with Gasteiger partial charge >= 0.3 is 0 Å². The molecule has 1 amide bonds. The molecule has 1 aliphatic heterocycles. The van der Waals surface area contributed by atoms with Crippen LogP contribution in [0.2, 0.25) is 0 Å². The van der Waals surface area contributed by atoms with Crippen LogP contribution >= 0.6 is 0 Å². The number of aliphatic hydroxyl groups excluding tert-OH is 1. The molecule has 6 nitrogen and oxygen atoms in total. The van der Waals surface area contributed by atoms with Gasteiger partial charge in [0.1, 0.15) is 23.1 Å². The highest BCUT2D eigenvalue weighted by Gasteiger charge is 2.47. The Balaban J connectivity index is 1.92. The third-order valence-electron chi connectivity index (χ3n) is 6.29. The highest BCUT2D eigenvalue weighted by molar-refractivity contribution is 6.51.